The van der Waals surface area contributed by atoms with E-state index in [-0.39, 0.29) is 87.6 Å². The van der Waals surface area contributed by atoms with Gasteiger partial charge < -0.3 is 48.5 Å². The third-order valence-electron chi connectivity index (χ3n) is 8.38. The number of nitrogens with one attached hydrogen (secondary N) is 2. The van der Waals surface area contributed by atoms with Gasteiger partial charge in [0.25, 0.3) is 11.8 Å². The van der Waals surface area contributed by atoms with Gasteiger partial charge >= 0.3 is 32.2 Å². The van der Waals surface area contributed by atoms with Crippen molar-refractivity contribution in [2.45, 2.75) is 103 Å². The second kappa shape index (κ2) is 18.4. The van der Waals surface area contributed by atoms with Gasteiger partial charge in [-0.1, -0.05) is 12.8 Å². The van der Waals surface area contributed by atoms with E-state index in [4.69, 9.17) is 18.9 Å². The first kappa shape index (κ1) is 42.5. The predicted octanol–water partition coefficient (Wildman–Crippen LogP) is 1.62. The first-order valence-corrected chi connectivity index (χ1v) is 20.4. The van der Waals surface area contributed by atoms with Gasteiger partial charge in [0.2, 0.25) is 11.0 Å². The van der Waals surface area contributed by atoms with Crippen molar-refractivity contribution in [1.82, 2.24) is 19.8 Å². The summed E-state index contributed by atoms with van der Waals surface area (Å²) in [6, 6.07) is 2.98. The third-order valence-corrected chi connectivity index (χ3v) is 10.3. The lowest BCUT2D eigenvalue weighted by molar-refractivity contribution is -0.148. The van der Waals surface area contributed by atoms with Crippen LogP contribution in [0.15, 0.2) is 24.5 Å². The number of anilines is 2. The molecule has 2 aromatic rings. The van der Waals surface area contributed by atoms with Crippen LogP contribution >= 0.6 is 0 Å². The largest absolute Gasteiger partial charge is 0.444 e. The number of carbonyl (C=O) groups is 4. The Kier molecular flexibility index (Phi) is 14.5. The summed E-state index contributed by atoms with van der Waals surface area (Å²) in [5.41, 5.74) is -2.85. The summed E-state index contributed by atoms with van der Waals surface area (Å²) in [5.74, 6) is -2.59. The molecule has 20 nitrogen and oxygen atoms in total. The molecule has 4 heterocycles. The molecule has 4 rings (SSSR count). The number of rotatable bonds is 21. The van der Waals surface area contributed by atoms with Crippen molar-refractivity contribution in [3.05, 3.63) is 35.9 Å². The van der Waals surface area contributed by atoms with Gasteiger partial charge in [-0.05, 0) is 52.7 Å². The number of carbonyl (C=O) groups excluding carboxylic acids is 4. The highest BCUT2D eigenvalue weighted by atomic mass is 32.2. The molecule has 2 amide bonds. The second-order valence-electron chi connectivity index (χ2n) is 13.2. The molecule has 2 unspecified atom stereocenters. The molecule has 0 aliphatic carbocycles. The first-order chi connectivity index (χ1) is 25.4. The maximum atomic E-state index is 12.8. The fourth-order valence-electron chi connectivity index (χ4n) is 5.90. The number of hydrogen-bond acceptors (Lipinski definition) is 14. The van der Waals surface area contributed by atoms with Gasteiger partial charge in [0.15, 0.2) is 13.5 Å². The number of fused-ring (bicyclic) bond motifs is 2. The van der Waals surface area contributed by atoms with Crippen LogP contribution in [0.3, 0.4) is 0 Å². The van der Waals surface area contributed by atoms with E-state index in [9.17, 15) is 45.1 Å². The molecule has 0 spiro atoms. The molecular formula is C32H48N6O14S2. The topological polar surface area (TPSA) is 254 Å². The summed E-state index contributed by atoms with van der Waals surface area (Å²) < 4.78 is 91.8. The van der Waals surface area contributed by atoms with E-state index in [1.54, 1.807) is 0 Å². The zero-order valence-electron chi connectivity index (χ0n) is 30.5. The van der Waals surface area contributed by atoms with Crippen molar-refractivity contribution in [1.29, 1.82) is 0 Å². The van der Waals surface area contributed by atoms with Crippen molar-refractivity contribution < 1.29 is 64.1 Å². The van der Waals surface area contributed by atoms with Crippen LogP contribution in [0.4, 0.5) is 11.4 Å². The van der Waals surface area contributed by atoms with Crippen molar-refractivity contribution in [2.75, 3.05) is 36.1 Å². The molecule has 2 aromatic heterocycles. The Morgan fingerprint density at radius 1 is 0.685 bits per heavy atom. The highest BCUT2D eigenvalue weighted by Crippen LogP contribution is 2.31. The molecule has 54 heavy (non-hydrogen) atoms. The van der Waals surface area contributed by atoms with Crippen molar-refractivity contribution in [2.24, 2.45) is 0 Å². The van der Waals surface area contributed by atoms with Crippen LogP contribution in [0.5, 0.6) is 0 Å². The molecule has 2 atom stereocenters. The van der Waals surface area contributed by atoms with E-state index in [2.05, 4.69) is 10.6 Å². The highest BCUT2D eigenvalue weighted by Gasteiger charge is 2.41. The van der Waals surface area contributed by atoms with Gasteiger partial charge in [-0.3, -0.25) is 28.3 Å². The van der Waals surface area contributed by atoms with Crippen molar-refractivity contribution in [3.63, 3.8) is 0 Å². The summed E-state index contributed by atoms with van der Waals surface area (Å²) in [5, 5.41) is 4.54. The average Bonchev–Trinajstić information content (AvgIpc) is 3.71. The zero-order chi connectivity index (χ0) is 39.8. The summed E-state index contributed by atoms with van der Waals surface area (Å²) in [4.78, 5) is 53.1. The molecule has 0 saturated heterocycles. The Morgan fingerprint density at radius 2 is 1.06 bits per heavy atom. The lowest BCUT2D eigenvalue weighted by Gasteiger charge is -2.35. The lowest BCUT2D eigenvalue weighted by Crippen LogP contribution is -2.57. The minimum absolute atomic E-state index is 0.0432. The van der Waals surface area contributed by atoms with Crippen LogP contribution in [-0.4, -0.2) is 108 Å². The average molecular weight is 805 g/mol. The van der Waals surface area contributed by atoms with Crippen LogP contribution in [0.2, 0.25) is 0 Å². The van der Waals surface area contributed by atoms with E-state index in [1.165, 1.54) is 43.5 Å². The van der Waals surface area contributed by atoms with Crippen LogP contribution < -0.4 is 20.4 Å². The number of esters is 2. The predicted molar refractivity (Wildman–Crippen MR) is 191 cm³/mol. The molecule has 0 fully saturated rings. The number of ether oxygens (including phenoxy) is 4. The maximum absolute atomic E-state index is 12.8. The molecule has 22 heteroatoms. The number of hydrogen-bond donors (Lipinski definition) is 4. The smallest absolute Gasteiger partial charge is 0.307 e. The summed E-state index contributed by atoms with van der Waals surface area (Å²) in [6.45, 7) is 6.95. The Morgan fingerprint density at radius 3 is 1.39 bits per heavy atom. The fourth-order valence-corrected chi connectivity index (χ4v) is 7.50. The van der Waals surface area contributed by atoms with E-state index in [1.807, 2.05) is 27.7 Å². The van der Waals surface area contributed by atoms with Gasteiger partial charge in [0.1, 0.15) is 11.4 Å². The van der Waals surface area contributed by atoms with Crippen LogP contribution in [0, 0.1) is 0 Å². The van der Waals surface area contributed by atoms with Crippen LogP contribution in [-0.2, 0) is 62.2 Å². The molecule has 0 radical (unpaired) electrons. The minimum atomic E-state index is -4.69. The van der Waals surface area contributed by atoms with E-state index in [0.29, 0.717) is 25.7 Å². The second-order valence-corrected chi connectivity index (χ2v) is 16.1. The fraction of sp³-hybridized carbons (Fsp3) is 0.625. The number of aromatic nitrogens is 2. The quantitative estimate of drug-likeness (QED) is 0.0795. The van der Waals surface area contributed by atoms with Crippen LogP contribution in [0.1, 0.15) is 87.2 Å². The Labute approximate surface area is 313 Å². The van der Waals surface area contributed by atoms with Gasteiger partial charge in [-0.25, -0.2) is 0 Å². The Balaban J connectivity index is 1.19. The van der Waals surface area contributed by atoms with Crippen molar-refractivity contribution >= 4 is 55.4 Å². The molecule has 0 saturated carbocycles. The standard InChI is InChI=1S/C32H48N6O14S2/c1-21(2)49-17-15-37-23-11-13-35(27(23)29(41)33-31(37)53(43,44)45)19-51-25(39)9-7-5-6-8-10-26(40)52-20-36-14-12-24-28(36)30(42)34-32(54(46,47)48)38(24)16-18-50-22(3)4/h11-14,21-22,31-32H,5-10,15-20H2,1-4H3,(H,33,41)(H,34,42)(H,43,44,45)(H,46,47,48). The zero-order valence-corrected chi connectivity index (χ0v) is 32.1. The molecular weight excluding hydrogens is 757 g/mol. The van der Waals surface area contributed by atoms with E-state index in [0.717, 1.165) is 0 Å². The van der Waals surface area contributed by atoms with Gasteiger partial charge in [0, 0.05) is 38.3 Å². The summed E-state index contributed by atoms with van der Waals surface area (Å²) >= 11 is 0. The van der Waals surface area contributed by atoms with Crippen LogP contribution in [0.25, 0.3) is 0 Å². The molecule has 2 aliphatic heterocycles. The summed E-state index contributed by atoms with van der Waals surface area (Å²) in [7, 11) is -9.38. The lowest BCUT2D eigenvalue weighted by atomic mass is 10.1. The number of unbranched alkanes of at least 4 members (excludes halogenated alkanes) is 3. The monoisotopic (exact) mass is 804 g/mol. The molecule has 2 aliphatic rings. The Hall–Kier alpha value is -4.22. The molecule has 0 bridgehead atoms. The SMILES string of the molecule is CC(C)OCCN1c2ccn(COC(=O)CCCCCCC(=O)OCn3ccc4c3C(=O)NC(S(=O)(=O)O)N4CCOC(C)C)c2C(=O)NC1S(=O)(=O)O. The first-order valence-electron chi connectivity index (χ1n) is 17.4. The molecule has 302 valence electrons. The van der Waals surface area contributed by atoms with E-state index < -0.39 is 55.0 Å². The van der Waals surface area contributed by atoms with Crippen molar-refractivity contribution in [3.8, 4) is 0 Å². The number of nitrogens with zero attached hydrogens (tertiary/aromatic N) is 4. The number of amides is 2. The minimum Gasteiger partial charge on any atom is -0.444 e. The van der Waals surface area contributed by atoms with Gasteiger partial charge in [-0.2, -0.15) is 16.8 Å². The highest BCUT2D eigenvalue weighted by molar-refractivity contribution is 7.86. The Bertz CT molecular complexity index is 1740. The van der Waals surface area contributed by atoms with E-state index >= 15 is 0 Å². The molecule has 0 aromatic carbocycles. The molecule has 4 N–H and O–H groups in total. The maximum Gasteiger partial charge on any atom is 0.307 e. The third kappa shape index (κ3) is 11.2. The normalized spacial score (nSPS) is 17.3. The van der Waals surface area contributed by atoms with Gasteiger partial charge in [0.05, 0.1) is 36.8 Å². The van der Waals surface area contributed by atoms with Gasteiger partial charge in [-0.15, -0.1) is 0 Å². The summed E-state index contributed by atoms with van der Waals surface area (Å²) in [6.07, 6.45) is 4.96.